The minimum atomic E-state index is -0.486. The second-order valence-corrected chi connectivity index (χ2v) is 9.02. The summed E-state index contributed by atoms with van der Waals surface area (Å²) < 4.78 is 5.31. The third kappa shape index (κ3) is 6.73. The van der Waals surface area contributed by atoms with Crippen LogP contribution in [-0.2, 0) is 9.53 Å². The van der Waals surface area contributed by atoms with Crippen molar-refractivity contribution in [3.63, 3.8) is 0 Å². The molecule has 0 saturated carbocycles. The van der Waals surface area contributed by atoms with Gasteiger partial charge in [-0.15, -0.1) is 0 Å². The number of piperidine rings is 1. The van der Waals surface area contributed by atoms with Gasteiger partial charge in [-0.25, -0.2) is 4.79 Å². The van der Waals surface area contributed by atoms with Crippen molar-refractivity contribution < 1.29 is 14.3 Å². The average molecular weight is 412 g/mol. The van der Waals surface area contributed by atoms with E-state index in [0.717, 1.165) is 48.9 Å². The molecule has 0 aromatic heterocycles. The molecule has 2 amide bonds. The van der Waals surface area contributed by atoms with Crippen LogP contribution in [0.4, 0.5) is 10.5 Å². The van der Waals surface area contributed by atoms with Gasteiger partial charge in [-0.1, -0.05) is 36.4 Å². The second-order valence-electron chi connectivity index (χ2n) is 9.02. The highest BCUT2D eigenvalue weighted by molar-refractivity contribution is 6.02. The number of rotatable bonds is 6. The van der Waals surface area contributed by atoms with E-state index in [1.807, 2.05) is 63.2 Å². The molecule has 30 heavy (non-hydrogen) atoms. The molecule has 1 heterocycles. The van der Waals surface area contributed by atoms with E-state index >= 15 is 0 Å². The summed E-state index contributed by atoms with van der Waals surface area (Å²) in [5.74, 6) is 0.410. The molecule has 1 saturated heterocycles. The van der Waals surface area contributed by atoms with Crippen molar-refractivity contribution in [2.45, 2.75) is 45.6 Å². The van der Waals surface area contributed by atoms with Crippen LogP contribution in [-0.4, -0.2) is 48.7 Å². The van der Waals surface area contributed by atoms with E-state index in [1.54, 1.807) is 0 Å². The summed E-state index contributed by atoms with van der Waals surface area (Å²) in [6, 6.07) is 14.0. The first-order chi connectivity index (χ1) is 14.3. The SMILES string of the molecule is CC(C)(C)OC(=O)NCC1CCCN(CCC(=O)Nc2cccc3ccccc23)C1. The molecule has 0 spiro atoms. The minimum Gasteiger partial charge on any atom is -0.444 e. The summed E-state index contributed by atoms with van der Waals surface area (Å²) in [6.07, 6.45) is 2.24. The number of hydrogen-bond acceptors (Lipinski definition) is 4. The molecule has 2 aromatic carbocycles. The van der Waals surface area contributed by atoms with Gasteiger partial charge in [0.2, 0.25) is 5.91 Å². The molecule has 6 heteroatoms. The van der Waals surface area contributed by atoms with Crippen LogP contribution < -0.4 is 10.6 Å². The molecule has 1 aliphatic rings. The number of alkyl carbamates (subject to hydrolysis) is 1. The topological polar surface area (TPSA) is 70.7 Å². The third-order valence-corrected chi connectivity index (χ3v) is 5.26. The van der Waals surface area contributed by atoms with Crippen molar-refractivity contribution >= 4 is 28.5 Å². The van der Waals surface area contributed by atoms with E-state index in [-0.39, 0.29) is 12.0 Å². The lowest BCUT2D eigenvalue weighted by atomic mass is 9.98. The maximum absolute atomic E-state index is 12.5. The number of amides is 2. The molecule has 6 nitrogen and oxygen atoms in total. The van der Waals surface area contributed by atoms with Crippen LogP contribution >= 0.6 is 0 Å². The lowest BCUT2D eigenvalue weighted by molar-refractivity contribution is -0.116. The van der Waals surface area contributed by atoms with Gasteiger partial charge in [0.25, 0.3) is 0 Å². The number of carbonyl (C=O) groups is 2. The normalized spacial score (nSPS) is 17.5. The van der Waals surface area contributed by atoms with Crippen molar-refractivity contribution in [3.8, 4) is 0 Å². The van der Waals surface area contributed by atoms with E-state index in [9.17, 15) is 9.59 Å². The van der Waals surface area contributed by atoms with E-state index in [0.29, 0.717) is 18.9 Å². The number of hydrogen-bond donors (Lipinski definition) is 2. The lowest BCUT2D eigenvalue weighted by Crippen LogP contribution is -2.42. The Labute approximate surface area is 179 Å². The van der Waals surface area contributed by atoms with Crippen LogP contribution in [0.3, 0.4) is 0 Å². The van der Waals surface area contributed by atoms with E-state index < -0.39 is 5.60 Å². The zero-order chi connectivity index (χ0) is 21.6. The molecule has 1 unspecified atom stereocenters. The Bertz CT molecular complexity index is 870. The first-order valence-corrected chi connectivity index (χ1v) is 10.8. The average Bonchev–Trinajstić information content (AvgIpc) is 2.70. The van der Waals surface area contributed by atoms with E-state index in [1.165, 1.54) is 0 Å². The molecule has 162 valence electrons. The smallest absolute Gasteiger partial charge is 0.407 e. The Morgan fingerprint density at radius 2 is 1.90 bits per heavy atom. The van der Waals surface area contributed by atoms with Gasteiger partial charge in [0, 0.05) is 37.1 Å². The van der Waals surface area contributed by atoms with Gasteiger partial charge in [-0.3, -0.25) is 4.79 Å². The summed E-state index contributed by atoms with van der Waals surface area (Å²) in [5.41, 5.74) is 0.372. The van der Waals surface area contributed by atoms with Crippen molar-refractivity contribution in [1.29, 1.82) is 0 Å². The van der Waals surface area contributed by atoms with Crippen LogP contribution in [0.2, 0.25) is 0 Å². The molecule has 0 aliphatic carbocycles. The Balaban J connectivity index is 1.44. The van der Waals surface area contributed by atoms with Crippen LogP contribution in [0.25, 0.3) is 10.8 Å². The summed E-state index contributed by atoms with van der Waals surface area (Å²) in [7, 11) is 0. The third-order valence-electron chi connectivity index (χ3n) is 5.26. The summed E-state index contributed by atoms with van der Waals surface area (Å²) in [6.45, 7) is 8.78. The zero-order valence-corrected chi connectivity index (χ0v) is 18.2. The van der Waals surface area contributed by atoms with E-state index in [4.69, 9.17) is 4.74 Å². The monoisotopic (exact) mass is 411 g/mol. The number of fused-ring (bicyclic) bond motifs is 1. The molecule has 1 atom stereocenters. The van der Waals surface area contributed by atoms with Gasteiger partial charge in [-0.05, 0) is 57.5 Å². The standard InChI is InChI=1S/C24H33N3O3/c1-24(2,3)30-23(29)25-16-18-8-7-14-27(17-18)15-13-22(28)26-21-12-6-10-19-9-4-5-11-20(19)21/h4-6,9-12,18H,7-8,13-17H2,1-3H3,(H,25,29)(H,26,28). The number of benzene rings is 2. The minimum absolute atomic E-state index is 0.0281. The number of likely N-dealkylation sites (tertiary alicyclic amines) is 1. The predicted molar refractivity (Wildman–Crippen MR) is 121 cm³/mol. The number of anilines is 1. The van der Waals surface area contributed by atoms with Gasteiger partial charge < -0.3 is 20.3 Å². The number of ether oxygens (including phenoxy) is 1. The van der Waals surface area contributed by atoms with Crippen molar-refractivity contribution in [2.24, 2.45) is 5.92 Å². The second kappa shape index (κ2) is 9.94. The molecule has 0 bridgehead atoms. The Morgan fingerprint density at radius 3 is 2.70 bits per heavy atom. The molecule has 3 rings (SSSR count). The van der Waals surface area contributed by atoms with Gasteiger partial charge in [0.05, 0.1) is 0 Å². The highest BCUT2D eigenvalue weighted by Crippen LogP contribution is 2.23. The van der Waals surface area contributed by atoms with Crippen LogP contribution in [0.1, 0.15) is 40.0 Å². The predicted octanol–water partition coefficient (Wildman–Crippen LogP) is 4.41. The fraction of sp³-hybridized carbons (Fsp3) is 0.500. The zero-order valence-electron chi connectivity index (χ0n) is 18.2. The number of nitrogens with zero attached hydrogens (tertiary/aromatic N) is 1. The van der Waals surface area contributed by atoms with Crippen molar-refractivity contribution in [3.05, 3.63) is 42.5 Å². The first-order valence-electron chi connectivity index (χ1n) is 10.8. The summed E-state index contributed by atoms with van der Waals surface area (Å²) in [5, 5.41) is 8.11. The van der Waals surface area contributed by atoms with Gasteiger partial charge in [0.1, 0.15) is 5.60 Å². The molecule has 0 radical (unpaired) electrons. The van der Waals surface area contributed by atoms with Gasteiger partial charge in [-0.2, -0.15) is 0 Å². The molecule has 2 N–H and O–H groups in total. The summed E-state index contributed by atoms with van der Waals surface area (Å²) >= 11 is 0. The summed E-state index contributed by atoms with van der Waals surface area (Å²) in [4.78, 5) is 26.7. The highest BCUT2D eigenvalue weighted by atomic mass is 16.6. The number of carbonyl (C=O) groups excluding carboxylic acids is 2. The Kier molecular flexibility index (Phi) is 7.32. The Morgan fingerprint density at radius 1 is 1.13 bits per heavy atom. The Hall–Kier alpha value is -2.60. The van der Waals surface area contributed by atoms with Crippen LogP contribution in [0.5, 0.6) is 0 Å². The van der Waals surface area contributed by atoms with Crippen LogP contribution in [0, 0.1) is 5.92 Å². The molecular weight excluding hydrogens is 378 g/mol. The van der Waals surface area contributed by atoms with Crippen LogP contribution in [0.15, 0.2) is 42.5 Å². The highest BCUT2D eigenvalue weighted by Gasteiger charge is 2.22. The molecular formula is C24H33N3O3. The quantitative estimate of drug-likeness (QED) is 0.739. The van der Waals surface area contributed by atoms with Gasteiger partial charge in [0.15, 0.2) is 0 Å². The maximum atomic E-state index is 12.5. The number of nitrogens with one attached hydrogen (secondary N) is 2. The fourth-order valence-corrected chi connectivity index (χ4v) is 3.87. The van der Waals surface area contributed by atoms with Crippen molar-refractivity contribution in [1.82, 2.24) is 10.2 Å². The maximum Gasteiger partial charge on any atom is 0.407 e. The fourth-order valence-electron chi connectivity index (χ4n) is 3.87. The lowest BCUT2D eigenvalue weighted by Gasteiger charge is -2.32. The molecule has 1 aliphatic heterocycles. The molecule has 1 fully saturated rings. The first kappa shape index (κ1) is 22.1. The largest absolute Gasteiger partial charge is 0.444 e. The molecule has 2 aromatic rings. The van der Waals surface area contributed by atoms with Gasteiger partial charge >= 0.3 is 6.09 Å². The van der Waals surface area contributed by atoms with Crippen molar-refractivity contribution in [2.75, 3.05) is 31.5 Å². The van der Waals surface area contributed by atoms with E-state index in [2.05, 4.69) is 15.5 Å².